The molecule has 0 aliphatic heterocycles. The summed E-state index contributed by atoms with van der Waals surface area (Å²) in [7, 11) is 1.20. The van der Waals surface area contributed by atoms with Gasteiger partial charge < -0.3 is 28.5 Å². The Morgan fingerprint density at radius 1 is 0.443 bits per heavy atom. The Kier molecular flexibility index (Phi) is 58.1. The van der Waals surface area contributed by atoms with E-state index >= 15 is 0 Å². The van der Waals surface area contributed by atoms with Gasteiger partial charge in [-0.3, -0.25) is 14.2 Å². The van der Waals surface area contributed by atoms with E-state index in [-0.39, 0.29) is 31.5 Å². The largest absolute Gasteiger partial charge is 0.756 e. The number of phosphoric acid groups is 1. The van der Waals surface area contributed by atoms with Crippen LogP contribution in [0, 0.1) is 0 Å². The molecule has 466 valence electrons. The second-order valence-corrected chi connectivity index (χ2v) is 26.1. The maximum absolute atomic E-state index is 13.6. The van der Waals surface area contributed by atoms with Crippen LogP contribution in [-0.4, -0.2) is 69.4 Å². The molecule has 0 fully saturated rings. The molecule has 3 atom stereocenters. The van der Waals surface area contributed by atoms with Crippen LogP contribution in [0.1, 0.15) is 342 Å². The van der Waals surface area contributed by atoms with Gasteiger partial charge in [0.05, 0.1) is 33.8 Å². The molecule has 0 aromatic heterocycles. The van der Waals surface area contributed by atoms with Gasteiger partial charge in [-0.25, -0.2) is 0 Å². The number of rotatable bonds is 63. The average Bonchev–Trinajstić information content (AvgIpc) is 3.41. The maximum Gasteiger partial charge on any atom is 0.306 e. The van der Waals surface area contributed by atoms with Gasteiger partial charge in [-0.1, -0.05) is 302 Å². The molecule has 0 rings (SSSR count). The number of nitrogens with one attached hydrogen (secondary N) is 1. The number of likely N-dealkylation sites (N-methyl/N-ethyl adjacent to an activating group) is 1. The SMILES string of the molecule is CCCCC/C=C\C/C=C\CCCCCCCCCCCCCC(=O)OC(/C=C/CCCCCCCCCCCCC)C(COP(=O)([O-])OCC[N+](C)(C)C)NC(=O)CCCCCCCCCCCCCCCCCCCCC. The van der Waals surface area contributed by atoms with E-state index < -0.39 is 20.0 Å². The fourth-order valence-electron chi connectivity index (χ4n) is 10.3. The smallest absolute Gasteiger partial charge is 0.306 e. The van der Waals surface area contributed by atoms with Gasteiger partial charge in [0.25, 0.3) is 7.82 Å². The highest BCUT2D eigenvalue weighted by Crippen LogP contribution is 2.38. The number of hydrogen-bond acceptors (Lipinski definition) is 7. The predicted molar refractivity (Wildman–Crippen MR) is 340 cm³/mol. The molecule has 0 saturated heterocycles. The summed E-state index contributed by atoms with van der Waals surface area (Å²) in [5.74, 6) is -0.524. The highest BCUT2D eigenvalue weighted by Gasteiger charge is 2.27. The Bertz CT molecular complexity index is 1450. The van der Waals surface area contributed by atoms with Crippen LogP contribution >= 0.6 is 7.82 Å². The summed E-state index contributed by atoms with van der Waals surface area (Å²) >= 11 is 0. The molecule has 1 amide bonds. The van der Waals surface area contributed by atoms with Crippen molar-refractivity contribution in [3.05, 3.63) is 36.5 Å². The first-order valence-electron chi connectivity index (χ1n) is 34.3. The van der Waals surface area contributed by atoms with Crippen molar-refractivity contribution in [1.82, 2.24) is 5.32 Å². The number of amides is 1. The van der Waals surface area contributed by atoms with Crippen molar-refractivity contribution in [2.45, 2.75) is 354 Å². The highest BCUT2D eigenvalue weighted by molar-refractivity contribution is 7.45. The lowest BCUT2D eigenvalue weighted by Crippen LogP contribution is -2.47. The van der Waals surface area contributed by atoms with E-state index in [0.717, 1.165) is 64.2 Å². The zero-order valence-corrected chi connectivity index (χ0v) is 54.2. The highest BCUT2D eigenvalue weighted by atomic mass is 31.2. The van der Waals surface area contributed by atoms with Crippen LogP contribution in [0.4, 0.5) is 0 Å². The monoisotopic (exact) mass is 1130 g/mol. The molecule has 0 spiro atoms. The fourth-order valence-corrected chi connectivity index (χ4v) is 11.0. The summed E-state index contributed by atoms with van der Waals surface area (Å²) in [6.07, 6.45) is 72.5. The van der Waals surface area contributed by atoms with Gasteiger partial charge in [-0.2, -0.15) is 0 Å². The molecular formula is C69H133N2O7P. The number of hydrogen-bond donors (Lipinski definition) is 1. The minimum atomic E-state index is -4.70. The lowest BCUT2D eigenvalue weighted by molar-refractivity contribution is -0.870. The summed E-state index contributed by atoms with van der Waals surface area (Å²) in [6.45, 7) is 6.88. The van der Waals surface area contributed by atoms with Gasteiger partial charge in [-0.15, -0.1) is 0 Å². The van der Waals surface area contributed by atoms with Crippen LogP contribution in [0.15, 0.2) is 36.5 Å². The number of phosphoric ester groups is 1. The minimum Gasteiger partial charge on any atom is -0.756 e. The van der Waals surface area contributed by atoms with Gasteiger partial charge in [0.15, 0.2) is 0 Å². The topological polar surface area (TPSA) is 114 Å². The number of unbranched alkanes of at least 4 members (excludes halogenated alkanes) is 43. The average molecular weight is 1130 g/mol. The molecule has 0 saturated carbocycles. The Hall–Kier alpha value is -1.77. The predicted octanol–water partition coefficient (Wildman–Crippen LogP) is 20.8. The number of quaternary nitrogens is 1. The van der Waals surface area contributed by atoms with Gasteiger partial charge in [0, 0.05) is 12.8 Å². The molecule has 0 radical (unpaired) electrons. The number of nitrogens with zero attached hydrogens (tertiary/aromatic N) is 1. The van der Waals surface area contributed by atoms with Crippen molar-refractivity contribution in [3.63, 3.8) is 0 Å². The van der Waals surface area contributed by atoms with Gasteiger partial charge in [-0.05, 0) is 63.9 Å². The summed E-state index contributed by atoms with van der Waals surface area (Å²) in [5.41, 5.74) is 0. The quantitative estimate of drug-likeness (QED) is 0.0212. The second-order valence-electron chi connectivity index (χ2n) is 24.7. The molecule has 10 heteroatoms. The van der Waals surface area contributed by atoms with Crippen LogP contribution in [0.5, 0.6) is 0 Å². The molecule has 1 N–H and O–H groups in total. The molecule has 79 heavy (non-hydrogen) atoms. The molecule has 3 unspecified atom stereocenters. The Morgan fingerprint density at radius 2 is 0.772 bits per heavy atom. The molecule has 0 aromatic carbocycles. The molecular weight excluding hydrogens is 1000 g/mol. The molecule has 0 aliphatic rings. The second kappa shape index (κ2) is 59.4. The maximum atomic E-state index is 13.6. The third-order valence-electron chi connectivity index (χ3n) is 15.6. The first-order chi connectivity index (χ1) is 38.4. The van der Waals surface area contributed by atoms with Crippen molar-refractivity contribution in [3.8, 4) is 0 Å². The summed E-state index contributed by atoms with van der Waals surface area (Å²) in [4.78, 5) is 40.1. The van der Waals surface area contributed by atoms with Crippen molar-refractivity contribution in [1.29, 1.82) is 0 Å². The first kappa shape index (κ1) is 77.2. The number of carbonyl (C=O) groups excluding carboxylic acids is 2. The van der Waals surface area contributed by atoms with Crippen molar-refractivity contribution in [2.75, 3.05) is 40.9 Å². The first-order valence-corrected chi connectivity index (χ1v) is 35.8. The van der Waals surface area contributed by atoms with E-state index in [1.54, 1.807) is 0 Å². The van der Waals surface area contributed by atoms with Crippen LogP contribution in [0.25, 0.3) is 0 Å². The van der Waals surface area contributed by atoms with Gasteiger partial charge in [0.2, 0.25) is 5.91 Å². The molecule has 9 nitrogen and oxygen atoms in total. The minimum absolute atomic E-state index is 0.0196. The van der Waals surface area contributed by atoms with E-state index in [4.69, 9.17) is 13.8 Å². The number of esters is 1. The Balaban J connectivity index is 5.15. The van der Waals surface area contributed by atoms with Gasteiger partial charge >= 0.3 is 5.97 Å². The normalized spacial score (nSPS) is 13.8. The number of allylic oxidation sites excluding steroid dienone is 5. The number of ether oxygens (including phenoxy) is 1. The van der Waals surface area contributed by atoms with E-state index in [2.05, 4.69) is 50.4 Å². The van der Waals surface area contributed by atoms with Crippen LogP contribution in [0.2, 0.25) is 0 Å². The fraction of sp³-hybridized carbons (Fsp3) is 0.884. The number of carbonyl (C=O) groups is 2. The van der Waals surface area contributed by atoms with Crippen molar-refractivity contribution < 1.29 is 37.3 Å². The van der Waals surface area contributed by atoms with E-state index in [1.165, 1.54) is 244 Å². The Morgan fingerprint density at radius 3 is 1.16 bits per heavy atom. The summed E-state index contributed by atoms with van der Waals surface area (Å²) in [5, 5.41) is 3.05. The third kappa shape index (κ3) is 60.6. The third-order valence-corrected chi connectivity index (χ3v) is 16.5. The zero-order chi connectivity index (χ0) is 57.9. The summed E-state index contributed by atoms with van der Waals surface area (Å²) < 4.78 is 30.4. The molecule has 0 heterocycles. The molecule has 0 aliphatic carbocycles. The standard InChI is InChI=1S/C69H133N2O7P/c1-7-10-13-16-19-22-25-28-30-32-34-35-37-39-41-44-47-50-53-56-59-62-69(73)78-67(60-57-54-51-48-45-42-27-24-21-18-15-12-9-3)66(65-77-79(74,75)76-64-63-71(4,5)6)70-68(72)61-58-55-52-49-46-43-40-38-36-33-31-29-26-23-20-17-14-11-8-2/h19,22,28,30,57,60,66-67H,7-18,20-21,23-27,29,31-56,58-59,61-65H2,1-6H3,(H-,70,72,74,75)/b22-19-,30-28-,60-57+. The lowest BCUT2D eigenvalue weighted by Gasteiger charge is -2.30. The Labute approximate surface area is 491 Å². The van der Waals surface area contributed by atoms with Crippen molar-refractivity contribution in [2.24, 2.45) is 0 Å². The van der Waals surface area contributed by atoms with Crippen LogP contribution < -0.4 is 10.2 Å². The van der Waals surface area contributed by atoms with E-state index in [0.29, 0.717) is 17.4 Å². The molecule has 0 aromatic rings. The zero-order valence-electron chi connectivity index (χ0n) is 53.3. The van der Waals surface area contributed by atoms with E-state index in [1.807, 2.05) is 33.3 Å². The molecule has 0 bridgehead atoms. The van der Waals surface area contributed by atoms with E-state index in [9.17, 15) is 19.0 Å². The van der Waals surface area contributed by atoms with Crippen molar-refractivity contribution >= 4 is 19.7 Å². The van der Waals surface area contributed by atoms with Crippen LogP contribution in [0.3, 0.4) is 0 Å². The van der Waals surface area contributed by atoms with Crippen LogP contribution in [-0.2, 0) is 27.9 Å². The summed E-state index contributed by atoms with van der Waals surface area (Å²) in [6, 6.07) is -0.885. The lowest BCUT2D eigenvalue weighted by atomic mass is 10.0. The van der Waals surface area contributed by atoms with Gasteiger partial charge in [0.1, 0.15) is 19.3 Å².